The molecule has 0 aliphatic heterocycles. The van der Waals surface area contributed by atoms with Crippen LogP contribution < -0.4 is 0 Å². The molecule has 0 atom stereocenters. The van der Waals surface area contributed by atoms with Gasteiger partial charge in [0.2, 0.25) is 0 Å². The lowest BCUT2D eigenvalue weighted by molar-refractivity contribution is -0.140. The van der Waals surface area contributed by atoms with Gasteiger partial charge in [0.25, 0.3) is 0 Å². The minimum atomic E-state index is -0.367. The SMILES string of the molecule is C=CCCC/C=C/COCCOC(=O)C(=C)C. The van der Waals surface area contributed by atoms with E-state index in [2.05, 4.69) is 19.2 Å². The molecule has 0 radical (unpaired) electrons. The largest absolute Gasteiger partial charge is 0.460 e. The van der Waals surface area contributed by atoms with E-state index in [-0.39, 0.29) is 12.6 Å². The van der Waals surface area contributed by atoms with E-state index < -0.39 is 0 Å². The molecule has 17 heavy (non-hydrogen) atoms. The third-order valence-corrected chi connectivity index (χ3v) is 1.97. The Morgan fingerprint density at radius 2 is 2.00 bits per heavy atom. The minimum absolute atomic E-state index is 0.274. The van der Waals surface area contributed by atoms with Gasteiger partial charge in [-0.15, -0.1) is 6.58 Å². The topological polar surface area (TPSA) is 35.5 Å². The fourth-order valence-corrected chi connectivity index (χ4v) is 1.03. The average Bonchev–Trinajstić information content (AvgIpc) is 2.31. The minimum Gasteiger partial charge on any atom is -0.460 e. The first-order valence-corrected chi connectivity index (χ1v) is 5.84. The summed E-state index contributed by atoms with van der Waals surface area (Å²) in [7, 11) is 0. The van der Waals surface area contributed by atoms with E-state index >= 15 is 0 Å². The number of hydrogen-bond acceptors (Lipinski definition) is 3. The summed E-state index contributed by atoms with van der Waals surface area (Å²) in [5.41, 5.74) is 0.409. The first-order valence-electron chi connectivity index (χ1n) is 5.84. The Labute approximate surface area is 104 Å². The molecular weight excluding hydrogens is 216 g/mol. The number of esters is 1. The molecule has 3 heteroatoms. The number of unbranched alkanes of at least 4 members (excludes halogenated alkanes) is 2. The van der Waals surface area contributed by atoms with Crippen LogP contribution in [-0.2, 0) is 14.3 Å². The molecule has 0 heterocycles. The maximum atomic E-state index is 11.0. The van der Waals surface area contributed by atoms with Crippen LogP contribution in [0.4, 0.5) is 0 Å². The van der Waals surface area contributed by atoms with Gasteiger partial charge in [-0.05, 0) is 26.2 Å². The highest BCUT2D eigenvalue weighted by molar-refractivity contribution is 5.86. The first-order chi connectivity index (χ1) is 8.18. The number of allylic oxidation sites excluding steroid dienone is 2. The van der Waals surface area contributed by atoms with Crippen molar-refractivity contribution in [1.29, 1.82) is 0 Å². The highest BCUT2D eigenvalue weighted by Crippen LogP contribution is 1.96. The molecule has 0 saturated heterocycles. The molecule has 0 N–H and O–H groups in total. The van der Waals surface area contributed by atoms with Crippen LogP contribution in [0.15, 0.2) is 37.0 Å². The van der Waals surface area contributed by atoms with Crippen molar-refractivity contribution < 1.29 is 14.3 Å². The Morgan fingerprint density at radius 1 is 1.24 bits per heavy atom. The van der Waals surface area contributed by atoms with Crippen LogP contribution in [0.25, 0.3) is 0 Å². The van der Waals surface area contributed by atoms with E-state index in [0.29, 0.717) is 18.8 Å². The van der Waals surface area contributed by atoms with Crippen molar-refractivity contribution >= 4 is 5.97 Å². The summed E-state index contributed by atoms with van der Waals surface area (Å²) in [4.78, 5) is 11.0. The third kappa shape index (κ3) is 10.9. The molecule has 0 aliphatic rings. The summed E-state index contributed by atoms with van der Waals surface area (Å²) in [6.07, 6.45) is 9.19. The summed E-state index contributed by atoms with van der Waals surface area (Å²) in [6, 6.07) is 0. The van der Waals surface area contributed by atoms with Gasteiger partial charge in [-0.2, -0.15) is 0 Å². The van der Waals surface area contributed by atoms with Crippen LogP contribution in [-0.4, -0.2) is 25.8 Å². The van der Waals surface area contributed by atoms with E-state index in [1.807, 2.05) is 12.2 Å². The highest BCUT2D eigenvalue weighted by Gasteiger charge is 2.01. The van der Waals surface area contributed by atoms with Gasteiger partial charge < -0.3 is 9.47 Å². The molecule has 0 aromatic heterocycles. The Morgan fingerprint density at radius 3 is 2.65 bits per heavy atom. The maximum Gasteiger partial charge on any atom is 0.333 e. The van der Waals surface area contributed by atoms with Gasteiger partial charge in [0.05, 0.1) is 13.2 Å². The van der Waals surface area contributed by atoms with Gasteiger partial charge in [0.1, 0.15) is 6.61 Å². The quantitative estimate of drug-likeness (QED) is 0.254. The van der Waals surface area contributed by atoms with Crippen LogP contribution >= 0.6 is 0 Å². The van der Waals surface area contributed by atoms with Crippen LogP contribution in [0, 0.1) is 0 Å². The van der Waals surface area contributed by atoms with Gasteiger partial charge in [0.15, 0.2) is 0 Å². The summed E-state index contributed by atoms with van der Waals surface area (Å²) >= 11 is 0. The average molecular weight is 238 g/mol. The maximum absolute atomic E-state index is 11.0. The van der Waals surface area contributed by atoms with Crippen molar-refractivity contribution in [2.24, 2.45) is 0 Å². The van der Waals surface area contributed by atoms with E-state index in [0.717, 1.165) is 19.3 Å². The molecule has 0 spiro atoms. The van der Waals surface area contributed by atoms with Crippen molar-refractivity contribution in [3.05, 3.63) is 37.0 Å². The van der Waals surface area contributed by atoms with E-state index in [1.165, 1.54) is 0 Å². The smallest absolute Gasteiger partial charge is 0.333 e. The molecule has 0 aliphatic carbocycles. The van der Waals surface area contributed by atoms with Crippen molar-refractivity contribution in [2.45, 2.75) is 26.2 Å². The van der Waals surface area contributed by atoms with Crippen LogP contribution in [0.3, 0.4) is 0 Å². The second-order valence-electron chi connectivity index (χ2n) is 3.68. The zero-order chi connectivity index (χ0) is 12.9. The third-order valence-electron chi connectivity index (χ3n) is 1.97. The molecule has 0 bridgehead atoms. The predicted octanol–water partition coefficient (Wildman–Crippen LogP) is 3.03. The van der Waals surface area contributed by atoms with Gasteiger partial charge in [-0.25, -0.2) is 4.79 Å². The van der Waals surface area contributed by atoms with E-state index in [9.17, 15) is 4.79 Å². The summed E-state index contributed by atoms with van der Waals surface area (Å²) in [5, 5.41) is 0. The lowest BCUT2D eigenvalue weighted by Crippen LogP contribution is -2.10. The Bertz CT molecular complexity index is 267. The van der Waals surface area contributed by atoms with Gasteiger partial charge >= 0.3 is 5.97 Å². The summed E-state index contributed by atoms with van der Waals surface area (Å²) in [6.45, 7) is 10.0. The second kappa shape index (κ2) is 11.1. The number of ether oxygens (including phenoxy) is 2. The second-order valence-corrected chi connectivity index (χ2v) is 3.68. The number of rotatable bonds is 10. The van der Waals surface area contributed by atoms with Gasteiger partial charge in [-0.3, -0.25) is 0 Å². The Kier molecular flexibility index (Phi) is 10.3. The van der Waals surface area contributed by atoms with E-state index in [1.54, 1.807) is 6.92 Å². The molecule has 0 aromatic carbocycles. The van der Waals surface area contributed by atoms with Crippen molar-refractivity contribution in [1.82, 2.24) is 0 Å². The number of carbonyl (C=O) groups excluding carboxylic acids is 1. The molecule has 3 nitrogen and oxygen atoms in total. The molecule has 0 fully saturated rings. The zero-order valence-corrected chi connectivity index (χ0v) is 10.6. The Hall–Kier alpha value is -1.35. The van der Waals surface area contributed by atoms with Crippen molar-refractivity contribution in [3.63, 3.8) is 0 Å². The van der Waals surface area contributed by atoms with E-state index in [4.69, 9.17) is 9.47 Å². The Balaban J connectivity index is 3.26. The van der Waals surface area contributed by atoms with Gasteiger partial charge in [-0.1, -0.05) is 24.8 Å². The standard InChI is InChI=1S/C14H22O3/c1-4-5-6-7-8-9-10-16-11-12-17-14(15)13(2)3/h4,8-9H,1-2,5-7,10-12H2,3H3/b9-8+. The van der Waals surface area contributed by atoms with Crippen molar-refractivity contribution in [2.75, 3.05) is 19.8 Å². The number of hydrogen-bond donors (Lipinski definition) is 0. The fourth-order valence-electron chi connectivity index (χ4n) is 1.03. The summed E-state index contributed by atoms with van der Waals surface area (Å²) in [5.74, 6) is -0.367. The highest BCUT2D eigenvalue weighted by atomic mass is 16.6. The fraction of sp³-hybridized carbons (Fsp3) is 0.500. The van der Waals surface area contributed by atoms with Crippen molar-refractivity contribution in [3.8, 4) is 0 Å². The molecule has 0 aromatic rings. The predicted molar refractivity (Wildman–Crippen MR) is 69.8 cm³/mol. The molecular formula is C14H22O3. The lowest BCUT2D eigenvalue weighted by Gasteiger charge is -2.03. The molecule has 0 amide bonds. The normalized spacial score (nSPS) is 10.4. The summed E-state index contributed by atoms with van der Waals surface area (Å²) < 4.78 is 10.1. The van der Waals surface area contributed by atoms with Crippen LogP contribution in [0.1, 0.15) is 26.2 Å². The monoisotopic (exact) mass is 238 g/mol. The first kappa shape index (κ1) is 15.7. The zero-order valence-electron chi connectivity index (χ0n) is 10.6. The molecule has 0 saturated carbocycles. The molecule has 0 rings (SSSR count). The van der Waals surface area contributed by atoms with Crippen LogP contribution in [0.2, 0.25) is 0 Å². The van der Waals surface area contributed by atoms with Gasteiger partial charge in [0, 0.05) is 5.57 Å². The lowest BCUT2D eigenvalue weighted by atomic mass is 10.2. The molecule has 0 unspecified atom stereocenters. The molecule has 96 valence electrons. The van der Waals surface area contributed by atoms with Crippen LogP contribution in [0.5, 0.6) is 0 Å². The number of carbonyl (C=O) groups is 1.